The smallest absolute Gasteiger partial charge is 0.517 e. The fourth-order valence-corrected chi connectivity index (χ4v) is 5.97. The fourth-order valence-electron chi connectivity index (χ4n) is 5.97. The lowest BCUT2D eigenvalue weighted by atomic mass is 9.64. The molecule has 0 aliphatic carbocycles. The van der Waals surface area contributed by atoms with Gasteiger partial charge >= 0.3 is 21.6 Å². The number of fused-ring (bicyclic) bond motifs is 6. The monoisotopic (exact) mass is 452 g/mol. The molecule has 0 atom stereocenters. The van der Waals surface area contributed by atoms with Crippen LogP contribution in [-0.2, 0) is 9.14 Å². The zero-order valence-electron chi connectivity index (χ0n) is 18.4. The highest BCUT2D eigenvalue weighted by Gasteiger charge is 2.56. The Morgan fingerprint density at radius 2 is 0.914 bits per heavy atom. The van der Waals surface area contributed by atoms with E-state index in [4.69, 9.17) is 18.5 Å². The summed E-state index contributed by atoms with van der Waals surface area (Å²) in [7, 11) is -1.92. The summed E-state index contributed by atoms with van der Waals surface area (Å²) in [5.41, 5.74) is 5.11. The molecule has 0 N–H and O–H groups in total. The molecule has 0 unspecified atom stereocenters. The van der Waals surface area contributed by atoms with Crippen molar-refractivity contribution in [3.63, 3.8) is 0 Å². The summed E-state index contributed by atoms with van der Waals surface area (Å²) in [6, 6.07) is 31.1. The van der Waals surface area contributed by atoms with Gasteiger partial charge in [0.1, 0.15) is 11.5 Å². The first-order chi connectivity index (χ1) is 17.3. The average Bonchev–Trinajstić information content (AvgIpc) is 2.89. The molecule has 35 heavy (non-hydrogen) atoms. The highest BCUT2D eigenvalue weighted by Crippen LogP contribution is 2.48. The van der Waals surface area contributed by atoms with Gasteiger partial charge in [0, 0.05) is 39.0 Å². The molecule has 9 heteroatoms. The molecule has 0 bridgehead atoms. The van der Waals surface area contributed by atoms with Crippen LogP contribution in [0.4, 0.5) is 22.7 Å². The quantitative estimate of drug-likeness (QED) is 0.316. The van der Waals surface area contributed by atoms with Gasteiger partial charge in [0.05, 0.1) is 0 Å². The lowest BCUT2D eigenvalue weighted by Gasteiger charge is -2.46. The van der Waals surface area contributed by atoms with E-state index >= 15 is 0 Å². The van der Waals surface area contributed by atoms with Crippen molar-refractivity contribution in [2.75, 3.05) is 9.62 Å². The van der Waals surface area contributed by atoms with Gasteiger partial charge in [-0.05, 0) is 47.2 Å². The molecular weight excluding hydrogens is 437 g/mol. The number of nitrogens with zero attached hydrogens (tertiary/aromatic N) is 2. The highest BCUT2D eigenvalue weighted by molar-refractivity contribution is 6.83. The van der Waals surface area contributed by atoms with Gasteiger partial charge in [0.2, 0.25) is 0 Å². The number of hydrogen-bond acceptors (Lipinski definition) is 6. The van der Waals surface area contributed by atoms with E-state index in [-0.39, 0.29) is 0 Å². The molecule has 162 valence electrons. The Kier molecular flexibility index (Phi) is 3.31. The van der Waals surface area contributed by atoms with Gasteiger partial charge < -0.3 is 28.1 Å². The van der Waals surface area contributed by atoms with Crippen LogP contribution in [0.2, 0.25) is 0 Å². The zero-order valence-corrected chi connectivity index (χ0v) is 18.4. The lowest BCUT2D eigenvalue weighted by Crippen LogP contribution is -2.66. The first-order valence-corrected chi connectivity index (χ1v) is 11.7. The van der Waals surface area contributed by atoms with Crippen LogP contribution in [0.5, 0.6) is 11.5 Å². The molecule has 4 aliphatic heterocycles. The number of rotatable bonds is 0. The van der Waals surface area contributed by atoms with Crippen molar-refractivity contribution in [1.29, 1.82) is 0 Å². The molecular formula is C26H15B3N2O4. The zero-order chi connectivity index (χ0) is 22.7. The van der Waals surface area contributed by atoms with Crippen LogP contribution in [0.15, 0.2) is 91.0 Å². The predicted octanol–water partition coefficient (Wildman–Crippen LogP) is 4.78. The molecule has 0 aromatic heterocycles. The van der Waals surface area contributed by atoms with Crippen molar-refractivity contribution >= 4 is 71.4 Å². The molecule has 0 saturated carbocycles. The molecule has 0 spiro atoms. The second-order valence-electron chi connectivity index (χ2n) is 9.17. The minimum Gasteiger partial charge on any atom is -0.517 e. The van der Waals surface area contributed by atoms with E-state index in [0.717, 1.165) is 61.3 Å². The third-order valence-electron chi connectivity index (χ3n) is 7.38. The topological polar surface area (TPSA) is 43.4 Å². The van der Waals surface area contributed by atoms with Crippen molar-refractivity contribution in [2.24, 2.45) is 0 Å². The van der Waals surface area contributed by atoms with E-state index < -0.39 is 21.6 Å². The fraction of sp³-hybridized carbons (Fsp3) is 0. The maximum Gasteiger partial charge on any atom is 0.656 e. The van der Waals surface area contributed by atoms with Crippen molar-refractivity contribution < 1.29 is 18.5 Å². The standard InChI is InChI=1S/C26H15B3N2O4/c1-6-16-8-3-14-22-24(16)18(10-1)30-20-12-5-13-21-26(20)27(34-28(30)32-22)35-29-31(21)19-11-2-7-17-9-4-15-23(33-29)25(17)19/h1-15H. The van der Waals surface area contributed by atoms with E-state index in [1.165, 1.54) is 0 Å². The van der Waals surface area contributed by atoms with Gasteiger partial charge in [0.15, 0.2) is 0 Å². The Balaban J connectivity index is 1.30. The van der Waals surface area contributed by atoms with Crippen LogP contribution in [0.3, 0.4) is 0 Å². The normalized spacial score (nSPS) is 16.5. The Morgan fingerprint density at radius 3 is 1.43 bits per heavy atom. The lowest BCUT2D eigenvalue weighted by molar-refractivity contribution is 0.341. The maximum absolute atomic E-state index is 6.47. The van der Waals surface area contributed by atoms with Gasteiger partial charge in [-0.25, -0.2) is 0 Å². The summed E-state index contributed by atoms with van der Waals surface area (Å²) < 4.78 is 25.7. The highest BCUT2D eigenvalue weighted by atomic mass is 16.7. The molecule has 9 rings (SSSR count). The van der Waals surface area contributed by atoms with Crippen molar-refractivity contribution in [1.82, 2.24) is 0 Å². The Bertz CT molecular complexity index is 1600. The van der Waals surface area contributed by atoms with Crippen LogP contribution >= 0.6 is 0 Å². The number of hydrogen-bond donors (Lipinski definition) is 0. The van der Waals surface area contributed by atoms with E-state index in [9.17, 15) is 0 Å². The van der Waals surface area contributed by atoms with E-state index in [1.54, 1.807) is 0 Å². The first kappa shape index (κ1) is 18.3. The van der Waals surface area contributed by atoms with E-state index in [2.05, 4.69) is 76.4 Å². The van der Waals surface area contributed by atoms with Crippen LogP contribution in [0.1, 0.15) is 0 Å². The minimum absolute atomic E-state index is 0.627. The summed E-state index contributed by atoms with van der Waals surface area (Å²) >= 11 is 0. The molecule has 0 amide bonds. The average molecular weight is 452 g/mol. The summed E-state index contributed by atoms with van der Waals surface area (Å²) in [5, 5.41) is 4.44. The van der Waals surface area contributed by atoms with Crippen LogP contribution in [0.25, 0.3) is 21.5 Å². The van der Waals surface area contributed by atoms with Crippen LogP contribution < -0.4 is 24.4 Å². The largest absolute Gasteiger partial charge is 0.656 e. The van der Waals surface area contributed by atoms with Crippen molar-refractivity contribution in [3.8, 4) is 11.5 Å². The minimum atomic E-state index is -0.644. The second-order valence-corrected chi connectivity index (χ2v) is 9.17. The SMILES string of the molecule is c1cc2c3c(c1)N1B(OB3OB3Oc4cccc5cccc(c45)N32)Oc2cccc3cccc1c23. The van der Waals surface area contributed by atoms with Crippen molar-refractivity contribution in [3.05, 3.63) is 91.0 Å². The molecule has 5 aromatic carbocycles. The Morgan fingerprint density at radius 1 is 0.486 bits per heavy atom. The molecule has 4 heterocycles. The third-order valence-corrected chi connectivity index (χ3v) is 7.38. The van der Waals surface area contributed by atoms with E-state index in [0.29, 0.717) is 0 Å². The second kappa shape index (κ2) is 6.33. The molecule has 6 nitrogen and oxygen atoms in total. The molecule has 0 radical (unpaired) electrons. The Labute approximate surface area is 202 Å². The summed E-state index contributed by atoms with van der Waals surface area (Å²) in [5.74, 6) is 1.62. The summed E-state index contributed by atoms with van der Waals surface area (Å²) in [4.78, 5) is 4.27. The van der Waals surface area contributed by atoms with Crippen molar-refractivity contribution in [2.45, 2.75) is 0 Å². The van der Waals surface area contributed by atoms with Crippen LogP contribution in [-0.4, -0.2) is 21.6 Å². The number of benzene rings is 5. The van der Waals surface area contributed by atoms with Gasteiger partial charge in [-0.1, -0.05) is 54.6 Å². The third kappa shape index (κ3) is 2.25. The molecule has 5 aromatic rings. The first-order valence-electron chi connectivity index (χ1n) is 11.7. The summed E-state index contributed by atoms with van der Waals surface area (Å²) in [6.45, 7) is 0. The van der Waals surface area contributed by atoms with Crippen LogP contribution in [0, 0.1) is 0 Å². The van der Waals surface area contributed by atoms with Gasteiger partial charge in [0.25, 0.3) is 0 Å². The number of anilines is 4. The van der Waals surface area contributed by atoms with Gasteiger partial charge in [-0.15, -0.1) is 0 Å². The maximum atomic E-state index is 6.47. The summed E-state index contributed by atoms with van der Waals surface area (Å²) in [6.07, 6.45) is 0. The molecule has 0 saturated heterocycles. The molecule has 4 aliphatic rings. The Hall–Kier alpha value is -4.07. The molecule has 0 fully saturated rings. The van der Waals surface area contributed by atoms with Gasteiger partial charge in [-0.2, -0.15) is 0 Å². The van der Waals surface area contributed by atoms with Gasteiger partial charge in [-0.3, -0.25) is 0 Å². The van der Waals surface area contributed by atoms with E-state index in [1.807, 2.05) is 24.3 Å². The predicted molar refractivity (Wildman–Crippen MR) is 139 cm³/mol.